The monoisotopic (exact) mass is 107 g/mol. The minimum atomic E-state index is 0.785. The maximum absolute atomic E-state index is 5.48. The predicted molar refractivity (Wildman–Crippen MR) is 32.0 cm³/mol. The zero-order chi connectivity index (χ0) is 6.15. The number of nitrogens with zero attached hydrogens (tertiary/aromatic N) is 2. The van der Waals surface area contributed by atoms with Gasteiger partial charge in [-0.2, -0.15) is 0 Å². The molecule has 0 saturated heterocycles. The van der Waals surface area contributed by atoms with Crippen LogP contribution in [-0.4, -0.2) is 12.4 Å². The number of aryl methyl sites for hydroxylation is 2. The minimum absolute atomic E-state index is 0.785. The van der Waals surface area contributed by atoms with E-state index in [2.05, 4.69) is 0 Å². The molecule has 0 saturated carbocycles. The third kappa shape index (κ3) is 0.758. The van der Waals surface area contributed by atoms with E-state index in [-0.39, 0.29) is 0 Å². The molecule has 1 rings (SSSR count). The second-order valence-corrected chi connectivity index (χ2v) is 1.95. The van der Waals surface area contributed by atoms with Crippen LogP contribution in [-0.2, 0) is 14.1 Å². The van der Waals surface area contributed by atoms with Crippen molar-refractivity contribution in [1.29, 1.82) is 0 Å². The summed E-state index contributed by atoms with van der Waals surface area (Å²) < 4.78 is 3.77. The van der Waals surface area contributed by atoms with Crippen LogP contribution < -0.4 is 10.2 Å². The summed E-state index contributed by atoms with van der Waals surface area (Å²) in [5, 5.41) is 0. The molecule has 2 nitrogen and oxygen atoms in total. The molecule has 1 heterocycles. The Hall–Kier alpha value is -0.725. The van der Waals surface area contributed by atoms with E-state index in [0.717, 1.165) is 5.59 Å². The molecule has 0 bridgehead atoms. The van der Waals surface area contributed by atoms with Crippen LogP contribution in [0.15, 0.2) is 12.5 Å². The van der Waals surface area contributed by atoms with Crippen molar-refractivity contribution in [1.82, 2.24) is 4.57 Å². The lowest BCUT2D eigenvalue weighted by Crippen LogP contribution is -2.24. The normalized spacial score (nSPS) is 9.88. The fourth-order valence-electron chi connectivity index (χ4n) is 0.673. The van der Waals surface area contributed by atoms with Crippen molar-refractivity contribution >= 4 is 13.4 Å². The molecule has 1 aromatic rings. The predicted octanol–water partition coefficient (Wildman–Crippen LogP) is -1.36. The fourth-order valence-corrected chi connectivity index (χ4v) is 0.673. The quantitative estimate of drug-likeness (QED) is 0.286. The Labute approximate surface area is 50.2 Å². The molecular weight excluding hydrogens is 98.9 g/mol. The molecule has 3 heteroatoms. The van der Waals surface area contributed by atoms with Crippen LogP contribution in [0.25, 0.3) is 0 Å². The van der Waals surface area contributed by atoms with Gasteiger partial charge in [0.15, 0.2) is 0 Å². The van der Waals surface area contributed by atoms with Gasteiger partial charge in [0.05, 0.1) is 20.3 Å². The van der Waals surface area contributed by atoms with Gasteiger partial charge in [-0.05, 0) is 0 Å². The van der Waals surface area contributed by atoms with Gasteiger partial charge in [-0.15, -0.1) is 5.59 Å². The van der Waals surface area contributed by atoms with E-state index in [9.17, 15) is 0 Å². The molecule has 0 aliphatic carbocycles. The van der Waals surface area contributed by atoms with E-state index in [1.165, 1.54) is 0 Å². The first-order valence-electron chi connectivity index (χ1n) is 2.47. The fraction of sp³-hybridized carbons (Fsp3) is 0.400. The average Bonchev–Trinajstić information content (AvgIpc) is 1.85. The molecule has 8 heavy (non-hydrogen) atoms. The second kappa shape index (κ2) is 1.65. The molecule has 0 fully saturated rings. The molecule has 0 spiro atoms. The Kier molecular flexibility index (Phi) is 1.12. The van der Waals surface area contributed by atoms with Gasteiger partial charge in [-0.25, -0.2) is 4.57 Å². The van der Waals surface area contributed by atoms with E-state index >= 15 is 0 Å². The molecular formula is C5H8BN2. The summed E-state index contributed by atoms with van der Waals surface area (Å²) >= 11 is 0. The number of hydrogen-bond donors (Lipinski definition) is 0. The van der Waals surface area contributed by atoms with Crippen molar-refractivity contribution < 1.29 is 4.57 Å². The molecule has 0 atom stereocenters. The lowest BCUT2D eigenvalue weighted by Gasteiger charge is -1.94. The van der Waals surface area contributed by atoms with E-state index in [0.29, 0.717) is 0 Å². The minimum Gasteiger partial charge on any atom is -0.516 e. The highest BCUT2D eigenvalue weighted by atomic mass is 15.1. The third-order valence-electron chi connectivity index (χ3n) is 1.10. The maximum Gasteiger partial charge on any atom is 0.239 e. The highest BCUT2D eigenvalue weighted by Crippen LogP contribution is 1.66. The van der Waals surface area contributed by atoms with Gasteiger partial charge < -0.3 is 7.85 Å². The first-order valence-corrected chi connectivity index (χ1v) is 2.47. The number of imidazole rings is 1. The van der Waals surface area contributed by atoms with Gasteiger partial charge >= 0.3 is 0 Å². The highest BCUT2D eigenvalue weighted by molar-refractivity contribution is 6.30. The van der Waals surface area contributed by atoms with Gasteiger partial charge in [0.2, 0.25) is 6.33 Å². The Bertz CT molecular complexity index is 173. The summed E-state index contributed by atoms with van der Waals surface area (Å²) in [5.74, 6) is 0. The molecule has 0 aliphatic heterocycles. The molecule has 0 N–H and O–H groups in total. The smallest absolute Gasteiger partial charge is 0.239 e. The number of rotatable bonds is 0. The summed E-state index contributed by atoms with van der Waals surface area (Å²) in [6.45, 7) is 0. The van der Waals surface area contributed by atoms with Crippen LogP contribution >= 0.6 is 0 Å². The van der Waals surface area contributed by atoms with E-state index in [1.54, 1.807) is 0 Å². The number of hydrogen-bond acceptors (Lipinski definition) is 0. The van der Waals surface area contributed by atoms with E-state index in [4.69, 9.17) is 7.85 Å². The van der Waals surface area contributed by atoms with Crippen LogP contribution in [0.1, 0.15) is 0 Å². The van der Waals surface area contributed by atoms with Crippen LogP contribution in [0.4, 0.5) is 0 Å². The van der Waals surface area contributed by atoms with Crippen molar-refractivity contribution in [3.63, 3.8) is 0 Å². The maximum atomic E-state index is 5.48. The Morgan fingerprint density at radius 2 is 2.38 bits per heavy atom. The lowest BCUT2D eigenvalue weighted by atomic mass is 10.1. The van der Waals surface area contributed by atoms with Gasteiger partial charge in [0.25, 0.3) is 0 Å². The standard InChI is InChI=1S/C5H8BN2/c1-7-3-5(6)8(2)4-7/h3-4H,1-2H3. The zero-order valence-electron chi connectivity index (χ0n) is 5.13. The summed E-state index contributed by atoms with van der Waals surface area (Å²) in [5.41, 5.74) is 0.785. The molecule has 0 aliphatic rings. The van der Waals surface area contributed by atoms with Crippen molar-refractivity contribution in [3.05, 3.63) is 12.5 Å². The second-order valence-electron chi connectivity index (χ2n) is 1.95. The van der Waals surface area contributed by atoms with Crippen LogP contribution in [0.5, 0.6) is 0 Å². The topological polar surface area (TPSA) is 8.81 Å². The summed E-state index contributed by atoms with van der Waals surface area (Å²) in [4.78, 5) is 0. The Morgan fingerprint density at radius 3 is 2.50 bits per heavy atom. The number of aromatic nitrogens is 2. The molecule has 0 amide bonds. The zero-order valence-corrected chi connectivity index (χ0v) is 5.13. The summed E-state index contributed by atoms with van der Waals surface area (Å²) in [7, 11) is 9.34. The van der Waals surface area contributed by atoms with Crippen LogP contribution in [0.2, 0.25) is 0 Å². The molecule has 41 valence electrons. The highest BCUT2D eigenvalue weighted by Gasteiger charge is 1.88. The van der Waals surface area contributed by atoms with Crippen molar-refractivity contribution in [2.75, 3.05) is 0 Å². The van der Waals surface area contributed by atoms with E-state index in [1.807, 2.05) is 35.8 Å². The first-order chi connectivity index (χ1) is 3.70. The Balaban J connectivity index is 3.14. The lowest BCUT2D eigenvalue weighted by molar-refractivity contribution is -0.670. The van der Waals surface area contributed by atoms with Crippen LogP contribution in [0.3, 0.4) is 0 Å². The van der Waals surface area contributed by atoms with Crippen molar-refractivity contribution in [2.24, 2.45) is 14.1 Å². The average molecular weight is 107 g/mol. The van der Waals surface area contributed by atoms with Crippen LogP contribution in [0, 0.1) is 0 Å². The molecule has 0 aromatic carbocycles. The molecule has 3 radical (unpaired) electrons. The first kappa shape index (κ1) is 5.41. The largest absolute Gasteiger partial charge is 0.516 e. The van der Waals surface area contributed by atoms with Crippen molar-refractivity contribution in [2.45, 2.75) is 0 Å². The SMILES string of the molecule is [B-]c1c[n+](C)cn1C. The van der Waals surface area contributed by atoms with Gasteiger partial charge in [0.1, 0.15) is 0 Å². The van der Waals surface area contributed by atoms with Gasteiger partial charge in [0, 0.05) is 0 Å². The molecule has 0 unspecified atom stereocenters. The summed E-state index contributed by atoms with van der Waals surface area (Å²) in [6.07, 6.45) is 3.77. The van der Waals surface area contributed by atoms with E-state index < -0.39 is 0 Å². The van der Waals surface area contributed by atoms with Gasteiger partial charge in [-0.1, -0.05) is 0 Å². The summed E-state index contributed by atoms with van der Waals surface area (Å²) in [6, 6.07) is 0. The van der Waals surface area contributed by atoms with Gasteiger partial charge in [-0.3, -0.25) is 4.57 Å². The van der Waals surface area contributed by atoms with Crippen molar-refractivity contribution in [3.8, 4) is 0 Å². The Morgan fingerprint density at radius 1 is 1.75 bits per heavy atom. The third-order valence-corrected chi connectivity index (χ3v) is 1.10. The molecule has 1 aromatic heterocycles.